The molecule has 73 heavy (non-hydrogen) atoms. The van der Waals surface area contributed by atoms with Crippen molar-refractivity contribution in [1.82, 2.24) is 14.5 Å². The Bertz CT molecular complexity index is 4160. The third-order valence-electron chi connectivity index (χ3n) is 14.2. The molecule has 0 spiro atoms. The molecule has 4 nitrogen and oxygen atoms in total. The maximum Gasteiger partial charge on any atom is 0.121 e. The van der Waals surface area contributed by atoms with Crippen LogP contribution in [0, 0.1) is 19.0 Å². The minimum Gasteiger partial charge on any atom is -0.501 e. The number of aryl methyl sites for hydroxylation is 1. The van der Waals surface area contributed by atoms with Gasteiger partial charge in [0, 0.05) is 48.2 Å². The van der Waals surface area contributed by atoms with E-state index in [0.29, 0.717) is 27.9 Å². The Labute approximate surface area is 450 Å². The number of benzene rings is 9. The summed E-state index contributed by atoms with van der Waals surface area (Å²) in [4.78, 5) is 10.0. The number of hydrogen-bond donors (Lipinski definition) is 0. The fourth-order valence-corrected chi connectivity index (χ4v) is 12.1. The third kappa shape index (κ3) is 9.05. The van der Waals surface area contributed by atoms with Crippen molar-refractivity contribution >= 4 is 78.5 Å². The van der Waals surface area contributed by atoms with Gasteiger partial charge in [0.1, 0.15) is 5.58 Å². The van der Waals surface area contributed by atoms with Crippen LogP contribution in [0.5, 0.6) is 0 Å². The summed E-state index contributed by atoms with van der Waals surface area (Å²) in [6.45, 7) is 17.4. The van der Waals surface area contributed by atoms with Gasteiger partial charge in [0.05, 0.1) is 30.5 Å². The van der Waals surface area contributed by atoms with Gasteiger partial charge in [0.25, 0.3) is 0 Å². The van der Waals surface area contributed by atoms with E-state index < -0.39 is 20.8 Å². The molecule has 9 aromatic carbocycles. The van der Waals surface area contributed by atoms with Crippen LogP contribution < -0.4 is 5.19 Å². The maximum absolute atomic E-state index is 8.66. The Morgan fingerprint density at radius 1 is 0.630 bits per heavy atom. The van der Waals surface area contributed by atoms with Gasteiger partial charge in [-0.3, -0.25) is 4.98 Å². The Morgan fingerprint density at radius 2 is 1.29 bits per heavy atom. The van der Waals surface area contributed by atoms with Gasteiger partial charge in [0.15, 0.2) is 0 Å². The average molecular weight is 1150 g/mol. The molecule has 0 aliphatic heterocycles. The van der Waals surface area contributed by atoms with E-state index in [1.165, 1.54) is 27.4 Å². The smallest absolute Gasteiger partial charge is 0.121 e. The van der Waals surface area contributed by atoms with Gasteiger partial charge in [-0.15, -0.1) is 53.6 Å². The summed E-state index contributed by atoms with van der Waals surface area (Å²) in [5.41, 5.74) is 12.6. The van der Waals surface area contributed by atoms with Crippen molar-refractivity contribution in [3.05, 3.63) is 204 Å². The first-order valence-corrected chi connectivity index (χ1v) is 28.6. The number of aromatic nitrogens is 3. The second kappa shape index (κ2) is 19.8. The van der Waals surface area contributed by atoms with Crippen LogP contribution in [0.25, 0.3) is 105 Å². The molecule has 12 aromatic rings. The number of furan rings is 1. The van der Waals surface area contributed by atoms with E-state index in [0.717, 1.165) is 71.2 Å². The van der Waals surface area contributed by atoms with Gasteiger partial charge in [-0.05, 0) is 108 Å². The second-order valence-electron chi connectivity index (χ2n) is 21.0. The van der Waals surface area contributed by atoms with E-state index in [1.54, 1.807) is 6.07 Å². The van der Waals surface area contributed by atoms with E-state index in [2.05, 4.69) is 190 Å². The molecule has 3 heterocycles. The van der Waals surface area contributed by atoms with Crippen molar-refractivity contribution in [3.63, 3.8) is 0 Å². The molecular weight excluding hydrogens is 1080 g/mol. The van der Waals surface area contributed by atoms with Crippen LogP contribution in [0.1, 0.15) is 87.0 Å². The predicted molar refractivity (Wildman–Crippen MR) is 309 cm³/mol. The molecule has 3 aromatic heterocycles. The molecule has 0 unspecified atom stereocenters. The molecule has 0 saturated carbocycles. The van der Waals surface area contributed by atoms with Crippen molar-refractivity contribution in [2.24, 2.45) is 0 Å². The van der Waals surface area contributed by atoms with Crippen LogP contribution in [0.3, 0.4) is 0 Å². The summed E-state index contributed by atoms with van der Waals surface area (Å²) < 4.78 is 43.6. The normalized spacial score (nSPS) is 13.1. The largest absolute Gasteiger partial charge is 0.501 e. The van der Waals surface area contributed by atoms with Crippen LogP contribution >= 0.6 is 0 Å². The topological polar surface area (TPSA) is 43.9 Å². The number of rotatable bonds is 8. The van der Waals surface area contributed by atoms with E-state index >= 15 is 0 Å². The van der Waals surface area contributed by atoms with Crippen LogP contribution in [-0.4, -0.2) is 22.6 Å². The molecule has 365 valence electrons. The summed E-state index contributed by atoms with van der Waals surface area (Å²) in [5, 5.41) is 9.12. The molecule has 6 heteroatoms. The van der Waals surface area contributed by atoms with Gasteiger partial charge in [-0.2, -0.15) is 0 Å². The first-order chi connectivity index (χ1) is 36.3. The van der Waals surface area contributed by atoms with E-state index in [9.17, 15) is 0 Å². The van der Waals surface area contributed by atoms with Crippen molar-refractivity contribution in [2.75, 3.05) is 0 Å². The first kappa shape index (κ1) is 44.7. The summed E-state index contributed by atoms with van der Waals surface area (Å²) in [5.74, 6) is 0.384. The van der Waals surface area contributed by atoms with E-state index in [1.807, 2.05) is 56.4 Å². The number of imidazole rings is 1. The van der Waals surface area contributed by atoms with Crippen molar-refractivity contribution < 1.29 is 30.0 Å². The molecule has 12 rings (SSSR count). The average Bonchev–Trinajstić information content (AvgIpc) is 4.01. The quantitative estimate of drug-likeness (QED) is 0.0865. The van der Waals surface area contributed by atoms with Crippen LogP contribution in [-0.2, 0) is 20.1 Å². The van der Waals surface area contributed by atoms with Crippen LogP contribution in [0.2, 0.25) is 19.6 Å². The second-order valence-corrected chi connectivity index (χ2v) is 26.0. The van der Waals surface area contributed by atoms with Gasteiger partial charge in [0.2, 0.25) is 0 Å². The van der Waals surface area contributed by atoms with Crippen molar-refractivity contribution in [2.45, 2.75) is 85.8 Å². The van der Waals surface area contributed by atoms with Crippen molar-refractivity contribution in [1.29, 1.82) is 0 Å². The monoisotopic (exact) mass is 1150 g/mol. The van der Waals surface area contributed by atoms with Crippen LogP contribution in [0.4, 0.5) is 0 Å². The standard InChI is InChI=1S/C50H39N2O.C17H22NSi.Ir/c1-29(2)40-26-36(32-13-7-6-8-14-32)27-41(30(3)4)47(40)52-48-38-18-12-10-16-34(38)22-24-44(48)51-50(52)39-23-19-31(5)46-43-25-35-21-20-33-15-9-11-17-37(33)42(35)28-45(43)53-49(39)46;1-13(2)15-11-16(14-9-7-6-8-10-14)18-12-17(15)19(3,4)5;/h6-22,24-30H,1-5H3;6-9,11-13H,1-5H3;/q2*-1;/i5D3;13D;. The zero-order chi connectivity index (χ0) is 53.4. The summed E-state index contributed by atoms with van der Waals surface area (Å²) in [6.07, 6.45) is 1.98. The predicted octanol–water partition coefficient (Wildman–Crippen LogP) is 18.3. The molecule has 0 amide bonds. The Hall–Kier alpha value is -6.95. The molecule has 0 saturated heterocycles. The SMILES string of the molecule is [2H]C(C)(C)c1cc(-c2[c-]cccc2)ncc1[Si](C)(C)C.[2H]C([2H])([2H])c1c[c-]c(-c2nc3ccc4ccccc4c3n2-c2c(C(C)C)cc(-c3ccccc3)cc2C(C)C)c2oc3cc4c(ccc5ccccc54)cc3c12.[Ir]. The number of hydrogen-bond acceptors (Lipinski definition) is 3. The van der Waals surface area contributed by atoms with Gasteiger partial charge < -0.3 is 14.0 Å². The third-order valence-corrected chi connectivity index (χ3v) is 16.2. The first-order valence-electron chi connectivity index (χ1n) is 27.1. The van der Waals surface area contributed by atoms with Gasteiger partial charge in [-0.1, -0.05) is 188 Å². The molecule has 0 aliphatic rings. The Balaban J connectivity index is 0.000000271. The Kier molecular flexibility index (Phi) is 12.1. The Morgan fingerprint density at radius 3 is 1.96 bits per heavy atom. The molecule has 1 radical (unpaired) electrons. The van der Waals surface area contributed by atoms with Gasteiger partial charge in [-0.25, -0.2) is 0 Å². The minimum atomic E-state index is -2.40. The van der Waals surface area contributed by atoms with Crippen molar-refractivity contribution in [3.8, 4) is 39.5 Å². The summed E-state index contributed by atoms with van der Waals surface area (Å²) >= 11 is 0. The molecular formula is C67H61IrN3OSi-2. The molecule has 0 fully saturated rings. The van der Waals surface area contributed by atoms with E-state index in [4.69, 9.17) is 14.9 Å². The molecule has 0 atom stereocenters. The fourth-order valence-electron chi connectivity index (χ4n) is 10.5. The minimum absolute atomic E-state index is 0. The zero-order valence-electron chi connectivity index (χ0n) is 46.9. The molecule has 0 bridgehead atoms. The maximum atomic E-state index is 8.66. The fraction of sp³-hybridized carbons (Fsp3) is 0.194. The zero-order valence-corrected chi connectivity index (χ0v) is 46.3. The number of nitrogens with zero attached hydrogens (tertiary/aromatic N) is 3. The van der Waals surface area contributed by atoms with Gasteiger partial charge >= 0.3 is 0 Å². The van der Waals surface area contributed by atoms with E-state index in [-0.39, 0.29) is 37.5 Å². The van der Waals surface area contributed by atoms with Crippen LogP contribution in [0.15, 0.2) is 174 Å². The number of fused-ring (bicyclic) bond motifs is 9. The number of pyridine rings is 1. The summed E-state index contributed by atoms with van der Waals surface area (Å²) in [7, 11) is -1.50. The summed E-state index contributed by atoms with van der Waals surface area (Å²) in [6, 6.07) is 62.8. The molecule has 0 N–H and O–H groups in total. The molecule has 0 aliphatic carbocycles.